The van der Waals surface area contributed by atoms with Crippen LogP contribution in [0.5, 0.6) is 0 Å². The van der Waals surface area contributed by atoms with Gasteiger partial charge in [0.05, 0.1) is 0 Å². The van der Waals surface area contributed by atoms with Gasteiger partial charge in [-0.05, 0) is 36.6 Å². The molecule has 0 amide bonds. The average Bonchev–Trinajstić information content (AvgIpc) is 2.28. The molecule has 4 atom stereocenters. The SMILES string of the molecule is C=C(C)[C@@]1(O)C[C@@]2(C)C(=C[C@@H]1O)C=CC(=O)[C@H]2C. The molecule has 2 rings (SSSR count). The summed E-state index contributed by atoms with van der Waals surface area (Å²) in [4.78, 5) is 11.8. The van der Waals surface area contributed by atoms with E-state index in [9.17, 15) is 15.0 Å². The van der Waals surface area contributed by atoms with Crippen molar-refractivity contribution in [3.05, 3.63) is 36.0 Å². The van der Waals surface area contributed by atoms with Crippen molar-refractivity contribution in [1.82, 2.24) is 0 Å². The van der Waals surface area contributed by atoms with Gasteiger partial charge in [0.2, 0.25) is 0 Å². The van der Waals surface area contributed by atoms with E-state index in [0.717, 1.165) is 5.57 Å². The molecule has 0 spiro atoms. The maximum atomic E-state index is 11.8. The number of hydrogen-bond acceptors (Lipinski definition) is 3. The Kier molecular flexibility index (Phi) is 2.87. The van der Waals surface area contributed by atoms with Gasteiger partial charge in [-0.15, -0.1) is 0 Å². The van der Waals surface area contributed by atoms with Crippen molar-refractivity contribution in [3.8, 4) is 0 Å². The lowest BCUT2D eigenvalue weighted by atomic mass is 9.57. The predicted molar refractivity (Wildman–Crippen MR) is 69.9 cm³/mol. The van der Waals surface area contributed by atoms with E-state index in [0.29, 0.717) is 12.0 Å². The van der Waals surface area contributed by atoms with E-state index in [1.807, 2.05) is 13.8 Å². The number of aliphatic hydroxyl groups excluding tert-OH is 1. The van der Waals surface area contributed by atoms with Crippen molar-refractivity contribution < 1.29 is 15.0 Å². The number of carbonyl (C=O) groups excluding carboxylic acids is 1. The second-order valence-electron chi connectivity index (χ2n) is 5.82. The topological polar surface area (TPSA) is 57.5 Å². The molecule has 0 radical (unpaired) electrons. The van der Waals surface area contributed by atoms with E-state index < -0.39 is 17.1 Å². The number of allylic oxidation sites excluding steroid dienone is 3. The third-order valence-corrected chi connectivity index (χ3v) is 4.67. The molecule has 18 heavy (non-hydrogen) atoms. The Morgan fingerprint density at radius 2 is 2.11 bits per heavy atom. The first-order valence-corrected chi connectivity index (χ1v) is 6.22. The highest BCUT2D eigenvalue weighted by Crippen LogP contribution is 2.51. The van der Waals surface area contributed by atoms with Gasteiger partial charge < -0.3 is 10.2 Å². The van der Waals surface area contributed by atoms with Crippen molar-refractivity contribution in [2.45, 2.75) is 38.9 Å². The van der Waals surface area contributed by atoms with Gasteiger partial charge in [-0.2, -0.15) is 0 Å². The first-order valence-electron chi connectivity index (χ1n) is 6.22. The molecule has 98 valence electrons. The smallest absolute Gasteiger partial charge is 0.159 e. The summed E-state index contributed by atoms with van der Waals surface area (Å²) >= 11 is 0. The van der Waals surface area contributed by atoms with Gasteiger partial charge in [-0.25, -0.2) is 0 Å². The summed E-state index contributed by atoms with van der Waals surface area (Å²) in [6.07, 6.45) is 4.31. The summed E-state index contributed by atoms with van der Waals surface area (Å²) < 4.78 is 0. The van der Waals surface area contributed by atoms with Crippen molar-refractivity contribution >= 4 is 5.78 Å². The van der Waals surface area contributed by atoms with Crippen LogP contribution >= 0.6 is 0 Å². The maximum absolute atomic E-state index is 11.8. The first-order chi connectivity index (χ1) is 8.21. The van der Waals surface area contributed by atoms with E-state index in [4.69, 9.17) is 0 Å². The van der Waals surface area contributed by atoms with E-state index in [1.54, 1.807) is 25.2 Å². The minimum Gasteiger partial charge on any atom is -0.386 e. The van der Waals surface area contributed by atoms with Crippen molar-refractivity contribution in [2.75, 3.05) is 0 Å². The van der Waals surface area contributed by atoms with Crippen LogP contribution in [0.2, 0.25) is 0 Å². The number of ketones is 1. The zero-order valence-corrected chi connectivity index (χ0v) is 11.1. The maximum Gasteiger partial charge on any atom is 0.159 e. The lowest BCUT2D eigenvalue weighted by molar-refractivity contribution is -0.124. The Bertz CT molecular complexity index is 474. The van der Waals surface area contributed by atoms with Gasteiger partial charge in [0.25, 0.3) is 0 Å². The molecule has 0 heterocycles. The van der Waals surface area contributed by atoms with Crippen molar-refractivity contribution in [3.63, 3.8) is 0 Å². The number of carbonyl (C=O) groups is 1. The average molecular weight is 248 g/mol. The van der Waals surface area contributed by atoms with E-state index in [2.05, 4.69) is 6.58 Å². The Labute approximate surface area is 108 Å². The molecule has 0 aromatic carbocycles. The van der Waals surface area contributed by atoms with Crippen LogP contribution in [0.4, 0.5) is 0 Å². The van der Waals surface area contributed by atoms with Gasteiger partial charge in [-0.3, -0.25) is 4.79 Å². The zero-order chi connectivity index (χ0) is 13.7. The third kappa shape index (κ3) is 1.62. The van der Waals surface area contributed by atoms with Gasteiger partial charge in [0.15, 0.2) is 5.78 Å². The molecular weight excluding hydrogens is 228 g/mol. The van der Waals surface area contributed by atoms with Crippen LogP contribution in [0.15, 0.2) is 36.0 Å². The molecule has 2 N–H and O–H groups in total. The molecule has 3 heteroatoms. The van der Waals surface area contributed by atoms with Gasteiger partial charge in [0.1, 0.15) is 11.7 Å². The Hall–Kier alpha value is -1.19. The van der Waals surface area contributed by atoms with Crippen LogP contribution < -0.4 is 0 Å². The van der Waals surface area contributed by atoms with Crippen LogP contribution in [0, 0.1) is 11.3 Å². The highest BCUT2D eigenvalue weighted by molar-refractivity contribution is 5.94. The molecule has 0 saturated heterocycles. The molecule has 3 nitrogen and oxygen atoms in total. The Balaban J connectivity index is 2.55. The van der Waals surface area contributed by atoms with Crippen LogP contribution in [0.1, 0.15) is 27.2 Å². The fourth-order valence-corrected chi connectivity index (χ4v) is 2.95. The van der Waals surface area contributed by atoms with Crippen molar-refractivity contribution in [2.24, 2.45) is 11.3 Å². The molecule has 2 aliphatic carbocycles. The molecule has 0 aromatic rings. The quantitative estimate of drug-likeness (QED) is 0.695. The van der Waals surface area contributed by atoms with Crippen LogP contribution in [-0.2, 0) is 4.79 Å². The molecule has 0 unspecified atom stereocenters. The fourth-order valence-electron chi connectivity index (χ4n) is 2.95. The highest BCUT2D eigenvalue weighted by Gasteiger charge is 2.51. The second-order valence-corrected chi connectivity index (χ2v) is 5.82. The molecule has 0 bridgehead atoms. The standard InChI is InChI=1S/C15H20O3/c1-9(2)15(18)8-14(4)10(3)12(16)6-5-11(14)7-13(15)17/h5-7,10,13,17-18H,1,8H2,2-4H3/t10-,13+,14-,15+/m1/s1. The minimum absolute atomic E-state index is 0.0649. The molecule has 2 aliphatic rings. The van der Waals surface area contributed by atoms with Crippen LogP contribution in [0.3, 0.4) is 0 Å². The fraction of sp³-hybridized carbons (Fsp3) is 0.533. The minimum atomic E-state index is -1.35. The summed E-state index contributed by atoms with van der Waals surface area (Å²) in [6, 6.07) is 0. The van der Waals surface area contributed by atoms with Crippen molar-refractivity contribution in [1.29, 1.82) is 0 Å². The normalized spacial score (nSPS) is 43.4. The zero-order valence-electron chi connectivity index (χ0n) is 11.1. The molecule has 0 fully saturated rings. The molecule has 0 aliphatic heterocycles. The van der Waals surface area contributed by atoms with E-state index >= 15 is 0 Å². The predicted octanol–water partition coefficient (Wildman–Crippen LogP) is 1.77. The summed E-state index contributed by atoms with van der Waals surface area (Å²) in [5.74, 6) is -0.137. The largest absolute Gasteiger partial charge is 0.386 e. The highest BCUT2D eigenvalue weighted by atomic mass is 16.3. The van der Waals surface area contributed by atoms with Crippen LogP contribution in [0.25, 0.3) is 0 Å². The summed E-state index contributed by atoms with van der Waals surface area (Å²) in [5.41, 5.74) is -0.342. The van der Waals surface area contributed by atoms with Gasteiger partial charge in [-0.1, -0.05) is 26.5 Å². The molecular formula is C15H20O3. The van der Waals surface area contributed by atoms with Crippen LogP contribution in [-0.4, -0.2) is 27.7 Å². The van der Waals surface area contributed by atoms with E-state index in [1.165, 1.54) is 0 Å². The van der Waals surface area contributed by atoms with Gasteiger partial charge in [0, 0.05) is 11.3 Å². The third-order valence-electron chi connectivity index (χ3n) is 4.67. The summed E-state index contributed by atoms with van der Waals surface area (Å²) in [5, 5.41) is 20.7. The number of fused-ring (bicyclic) bond motifs is 1. The Morgan fingerprint density at radius 3 is 2.67 bits per heavy atom. The summed E-state index contributed by atoms with van der Waals surface area (Å²) in [6.45, 7) is 9.31. The summed E-state index contributed by atoms with van der Waals surface area (Å²) in [7, 11) is 0. The van der Waals surface area contributed by atoms with E-state index in [-0.39, 0.29) is 11.7 Å². The second kappa shape index (κ2) is 3.90. The number of hydrogen-bond donors (Lipinski definition) is 2. The number of aliphatic hydroxyl groups is 2. The lowest BCUT2D eigenvalue weighted by Gasteiger charge is -2.49. The Morgan fingerprint density at radius 1 is 1.50 bits per heavy atom. The lowest BCUT2D eigenvalue weighted by Crippen LogP contribution is -2.53. The van der Waals surface area contributed by atoms with Gasteiger partial charge >= 0.3 is 0 Å². The molecule has 0 saturated carbocycles. The number of rotatable bonds is 1. The molecule has 0 aromatic heterocycles. The monoisotopic (exact) mass is 248 g/mol. The first kappa shape index (κ1) is 13.2.